The summed E-state index contributed by atoms with van der Waals surface area (Å²) in [4.78, 5) is 23.7. The average Bonchev–Trinajstić information content (AvgIpc) is 2.43. The van der Waals surface area contributed by atoms with Gasteiger partial charge in [0.2, 0.25) is 0 Å². The Morgan fingerprint density at radius 1 is 1.32 bits per heavy atom. The largest absolute Gasteiger partial charge is 0.482 e. The topological polar surface area (TPSA) is 76.1 Å². The summed E-state index contributed by atoms with van der Waals surface area (Å²) in [7, 11) is 3.12. The van der Waals surface area contributed by atoms with Crippen molar-refractivity contribution in [3.8, 4) is 5.75 Å². The number of carbonyl (C=O) groups is 2. The molecule has 1 aromatic rings. The van der Waals surface area contributed by atoms with Crippen molar-refractivity contribution in [1.82, 2.24) is 0 Å². The Morgan fingerprint density at radius 2 is 1.89 bits per heavy atom. The van der Waals surface area contributed by atoms with E-state index >= 15 is 0 Å². The molecule has 1 aromatic carbocycles. The highest BCUT2D eigenvalue weighted by atomic mass is 16.5. The van der Waals surface area contributed by atoms with Gasteiger partial charge in [-0.1, -0.05) is 0 Å². The highest BCUT2D eigenvalue weighted by Gasteiger charge is 2.17. The number of carboxylic acids is 1. The van der Waals surface area contributed by atoms with Crippen molar-refractivity contribution >= 4 is 17.6 Å². The molecule has 104 valence electrons. The van der Waals surface area contributed by atoms with Gasteiger partial charge in [0.25, 0.3) is 5.91 Å². The normalized spacial score (nSPS) is 11.7. The minimum atomic E-state index is -1.04. The zero-order valence-electron chi connectivity index (χ0n) is 11.1. The van der Waals surface area contributed by atoms with E-state index in [4.69, 9.17) is 14.6 Å². The van der Waals surface area contributed by atoms with Gasteiger partial charge in [0, 0.05) is 19.8 Å². The van der Waals surface area contributed by atoms with E-state index in [9.17, 15) is 9.59 Å². The highest BCUT2D eigenvalue weighted by molar-refractivity contribution is 5.95. The first-order chi connectivity index (χ1) is 8.95. The zero-order chi connectivity index (χ0) is 14.4. The maximum Gasteiger partial charge on any atom is 0.341 e. The number of amides is 1. The molecule has 0 fully saturated rings. The monoisotopic (exact) mass is 267 g/mol. The van der Waals surface area contributed by atoms with Crippen LogP contribution in [0.2, 0.25) is 0 Å². The smallest absolute Gasteiger partial charge is 0.341 e. The molecule has 0 spiro atoms. The number of nitrogens with zero attached hydrogens (tertiary/aromatic N) is 1. The van der Waals surface area contributed by atoms with E-state index in [1.54, 1.807) is 38.2 Å². The first-order valence-corrected chi connectivity index (χ1v) is 5.70. The predicted molar refractivity (Wildman–Crippen MR) is 69.5 cm³/mol. The molecule has 0 aliphatic rings. The Morgan fingerprint density at radius 3 is 2.37 bits per heavy atom. The molecule has 0 bridgehead atoms. The van der Waals surface area contributed by atoms with E-state index in [1.165, 1.54) is 12.0 Å². The predicted octanol–water partition coefficient (Wildman–Crippen LogP) is 1.15. The van der Waals surface area contributed by atoms with E-state index in [0.29, 0.717) is 11.4 Å². The van der Waals surface area contributed by atoms with Crippen LogP contribution in [0.1, 0.15) is 6.92 Å². The number of carboxylic acid groups (broad SMARTS) is 1. The van der Waals surface area contributed by atoms with Crippen LogP contribution in [-0.2, 0) is 14.3 Å². The summed E-state index contributed by atoms with van der Waals surface area (Å²) in [6.07, 6.45) is -0.520. The van der Waals surface area contributed by atoms with Gasteiger partial charge < -0.3 is 19.5 Å². The van der Waals surface area contributed by atoms with Gasteiger partial charge in [-0.25, -0.2) is 4.79 Å². The lowest BCUT2D eigenvalue weighted by molar-refractivity contribution is -0.139. The summed E-state index contributed by atoms with van der Waals surface area (Å²) < 4.78 is 9.97. The third-order valence-electron chi connectivity index (χ3n) is 2.62. The molecular formula is C13H17NO5. The summed E-state index contributed by atoms with van der Waals surface area (Å²) >= 11 is 0. The minimum Gasteiger partial charge on any atom is -0.482 e. The van der Waals surface area contributed by atoms with Gasteiger partial charge in [0.1, 0.15) is 11.9 Å². The van der Waals surface area contributed by atoms with Crippen LogP contribution >= 0.6 is 0 Å². The number of ether oxygens (including phenoxy) is 2. The van der Waals surface area contributed by atoms with Crippen LogP contribution in [0.25, 0.3) is 0 Å². The van der Waals surface area contributed by atoms with Crippen molar-refractivity contribution in [3.05, 3.63) is 24.3 Å². The maximum atomic E-state index is 11.9. The Balaban J connectivity index is 2.70. The van der Waals surface area contributed by atoms with Crippen LogP contribution in [0.5, 0.6) is 5.75 Å². The molecule has 1 amide bonds. The number of hydrogen-bond acceptors (Lipinski definition) is 4. The van der Waals surface area contributed by atoms with E-state index < -0.39 is 18.7 Å². The van der Waals surface area contributed by atoms with E-state index in [2.05, 4.69) is 0 Å². The van der Waals surface area contributed by atoms with Crippen LogP contribution in [-0.4, -0.2) is 43.9 Å². The molecule has 0 saturated carbocycles. The Bertz CT molecular complexity index is 443. The third-order valence-corrected chi connectivity index (χ3v) is 2.62. The Hall–Kier alpha value is -2.08. The Kier molecular flexibility index (Phi) is 5.32. The molecular weight excluding hydrogens is 250 g/mol. The van der Waals surface area contributed by atoms with Crippen molar-refractivity contribution in [1.29, 1.82) is 0 Å². The second kappa shape index (κ2) is 6.75. The van der Waals surface area contributed by atoms with Crippen molar-refractivity contribution < 1.29 is 24.2 Å². The van der Waals surface area contributed by atoms with Crippen LogP contribution < -0.4 is 9.64 Å². The molecule has 1 unspecified atom stereocenters. The fourth-order valence-corrected chi connectivity index (χ4v) is 1.41. The standard InChI is InChI=1S/C13H17NO5/c1-9(18-3)13(17)14(2)10-4-6-11(7-5-10)19-8-12(15)16/h4-7,9H,8H2,1-3H3,(H,15,16). The van der Waals surface area contributed by atoms with Crippen LogP contribution in [0.15, 0.2) is 24.3 Å². The van der Waals surface area contributed by atoms with E-state index in [1.807, 2.05) is 0 Å². The van der Waals surface area contributed by atoms with Gasteiger partial charge in [-0.15, -0.1) is 0 Å². The van der Waals surface area contributed by atoms with E-state index in [0.717, 1.165) is 0 Å². The lowest BCUT2D eigenvalue weighted by Crippen LogP contribution is -2.35. The van der Waals surface area contributed by atoms with Gasteiger partial charge in [-0.2, -0.15) is 0 Å². The van der Waals surface area contributed by atoms with Crippen LogP contribution in [0.3, 0.4) is 0 Å². The molecule has 0 aliphatic carbocycles. The number of methoxy groups -OCH3 is 1. The number of hydrogen-bond donors (Lipinski definition) is 1. The number of carbonyl (C=O) groups excluding carboxylic acids is 1. The van der Waals surface area contributed by atoms with Crippen molar-refractivity contribution in [2.45, 2.75) is 13.0 Å². The van der Waals surface area contributed by atoms with E-state index in [-0.39, 0.29) is 5.91 Å². The molecule has 0 saturated heterocycles. The molecule has 0 aromatic heterocycles. The van der Waals surface area contributed by atoms with Gasteiger partial charge in [-0.05, 0) is 31.2 Å². The molecule has 6 nitrogen and oxygen atoms in total. The first-order valence-electron chi connectivity index (χ1n) is 5.70. The number of anilines is 1. The average molecular weight is 267 g/mol. The summed E-state index contributed by atoms with van der Waals surface area (Å²) in [5.74, 6) is -0.765. The lowest BCUT2D eigenvalue weighted by Gasteiger charge is -2.20. The summed E-state index contributed by atoms with van der Waals surface area (Å²) in [6.45, 7) is 1.28. The second-order valence-electron chi connectivity index (χ2n) is 3.95. The van der Waals surface area contributed by atoms with Gasteiger partial charge in [-0.3, -0.25) is 4.79 Å². The first kappa shape index (κ1) is 15.0. The summed E-state index contributed by atoms with van der Waals surface area (Å²) in [5, 5.41) is 8.49. The van der Waals surface area contributed by atoms with Crippen LogP contribution in [0, 0.1) is 0 Å². The number of likely N-dealkylation sites (N-methyl/N-ethyl adjacent to an activating group) is 1. The SMILES string of the molecule is COC(C)C(=O)N(C)c1ccc(OCC(=O)O)cc1. The zero-order valence-corrected chi connectivity index (χ0v) is 11.1. The molecule has 1 atom stereocenters. The molecule has 6 heteroatoms. The van der Waals surface area contributed by atoms with Gasteiger partial charge in [0.15, 0.2) is 6.61 Å². The van der Waals surface area contributed by atoms with Crippen molar-refractivity contribution in [2.75, 3.05) is 25.7 Å². The summed E-state index contributed by atoms with van der Waals surface area (Å²) in [5.41, 5.74) is 0.677. The number of aliphatic carboxylic acids is 1. The lowest BCUT2D eigenvalue weighted by atomic mass is 10.2. The van der Waals surface area contributed by atoms with Crippen LogP contribution in [0.4, 0.5) is 5.69 Å². The molecule has 19 heavy (non-hydrogen) atoms. The Labute approximate surface area is 111 Å². The summed E-state index contributed by atoms with van der Waals surface area (Å²) in [6, 6.07) is 6.58. The highest BCUT2D eigenvalue weighted by Crippen LogP contribution is 2.19. The third kappa shape index (κ3) is 4.26. The van der Waals surface area contributed by atoms with Gasteiger partial charge in [0.05, 0.1) is 0 Å². The van der Waals surface area contributed by atoms with Crippen molar-refractivity contribution in [2.24, 2.45) is 0 Å². The maximum absolute atomic E-state index is 11.9. The molecule has 1 N–H and O–H groups in total. The molecule has 0 aliphatic heterocycles. The van der Waals surface area contributed by atoms with Gasteiger partial charge >= 0.3 is 5.97 Å². The number of rotatable bonds is 6. The van der Waals surface area contributed by atoms with Crippen molar-refractivity contribution in [3.63, 3.8) is 0 Å². The quantitative estimate of drug-likeness (QED) is 0.836. The fraction of sp³-hybridized carbons (Fsp3) is 0.385. The minimum absolute atomic E-state index is 0.165. The molecule has 0 heterocycles. The fourth-order valence-electron chi connectivity index (χ4n) is 1.41. The number of benzene rings is 1. The molecule has 1 rings (SSSR count). The second-order valence-corrected chi connectivity index (χ2v) is 3.95. The molecule has 0 radical (unpaired) electrons.